The van der Waals surface area contributed by atoms with E-state index in [0.717, 1.165) is 33.9 Å². The van der Waals surface area contributed by atoms with Crippen LogP contribution in [0.5, 0.6) is 0 Å². The van der Waals surface area contributed by atoms with E-state index < -0.39 is 0 Å². The average molecular weight is 717 g/mol. The fourth-order valence-electron chi connectivity index (χ4n) is 9.74. The molecule has 0 fully saturated rings. The molecule has 9 aromatic rings. The maximum atomic E-state index is 5.31. The van der Waals surface area contributed by atoms with Crippen LogP contribution < -0.4 is 0 Å². The number of hydrogen-bond acceptors (Lipinski definition) is 2. The smallest absolute Gasteiger partial charge is 0.160 e. The van der Waals surface area contributed by atoms with Crippen LogP contribution in [0.3, 0.4) is 0 Å². The van der Waals surface area contributed by atoms with Crippen molar-refractivity contribution in [2.75, 3.05) is 0 Å². The minimum Gasteiger partial charge on any atom is -0.228 e. The average Bonchev–Trinajstić information content (AvgIpc) is 3.62. The van der Waals surface area contributed by atoms with Crippen LogP contribution >= 0.6 is 0 Å². The number of hydrogen-bond donors (Lipinski definition) is 0. The molecular weight excluding hydrogens is 677 g/mol. The molecule has 0 unspecified atom stereocenters. The number of aromatic nitrogens is 2. The summed E-state index contributed by atoms with van der Waals surface area (Å²) in [6.07, 6.45) is 0. The largest absolute Gasteiger partial charge is 0.228 e. The molecule has 2 aliphatic rings. The summed E-state index contributed by atoms with van der Waals surface area (Å²) in [6, 6.07) is 62.0. The molecule has 266 valence electrons. The molecule has 0 saturated carbocycles. The lowest BCUT2D eigenvalue weighted by atomic mass is 9.80. The standard InChI is InChI=1S/C54H40N2/c1-53(2)44-23-13-12-21-40(44)50-39-20-11-10-19-38(39)42(31-47(50)53)33-25-27-34(28-26-33)48-32-49(56-52(55-48)35-15-6-5-7-16-35)41-22-14-24-45-51(41)43-29-36-17-8-9-18-37(36)30-46(43)54(45,3)4/h5-32H,1-4H3. The summed E-state index contributed by atoms with van der Waals surface area (Å²) in [5.74, 6) is 0.724. The van der Waals surface area contributed by atoms with Gasteiger partial charge in [-0.1, -0.05) is 173 Å². The molecule has 2 heteroatoms. The van der Waals surface area contributed by atoms with Crippen LogP contribution in [-0.2, 0) is 10.8 Å². The summed E-state index contributed by atoms with van der Waals surface area (Å²) in [5, 5.41) is 5.11. The molecule has 0 atom stereocenters. The Bertz CT molecular complexity index is 3060. The van der Waals surface area contributed by atoms with Crippen molar-refractivity contribution in [2.24, 2.45) is 0 Å². The molecule has 2 aliphatic carbocycles. The van der Waals surface area contributed by atoms with Crippen LogP contribution in [0.15, 0.2) is 170 Å². The molecule has 0 amide bonds. The Kier molecular flexibility index (Phi) is 6.98. The molecule has 8 aromatic carbocycles. The quantitative estimate of drug-likeness (QED) is 0.181. The fourth-order valence-corrected chi connectivity index (χ4v) is 9.74. The van der Waals surface area contributed by atoms with Gasteiger partial charge in [0, 0.05) is 27.5 Å². The first-order chi connectivity index (χ1) is 27.3. The van der Waals surface area contributed by atoms with Gasteiger partial charge in [-0.3, -0.25) is 0 Å². The monoisotopic (exact) mass is 716 g/mol. The molecule has 0 N–H and O–H groups in total. The van der Waals surface area contributed by atoms with Crippen molar-refractivity contribution in [3.05, 3.63) is 192 Å². The Morgan fingerprint density at radius 2 is 0.946 bits per heavy atom. The fraction of sp³-hybridized carbons (Fsp3) is 0.111. The Balaban J connectivity index is 1.07. The molecule has 0 bridgehead atoms. The Morgan fingerprint density at radius 1 is 0.339 bits per heavy atom. The molecular formula is C54H40N2. The molecule has 0 aliphatic heterocycles. The van der Waals surface area contributed by atoms with E-state index in [1.165, 1.54) is 77.2 Å². The summed E-state index contributed by atoms with van der Waals surface area (Å²) >= 11 is 0. The van der Waals surface area contributed by atoms with E-state index in [-0.39, 0.29) is 10.8 Å². The molecule has 11 rings (SSSR count). The van der Waals surface area contributed by atoms with Crippen LogP contribution in [-0.4, -0.2) is 9.97 Å². The first-order valence-electron chi connectivity index (χ1n) is 19.7. The van der Waals surface area contributed by atoms with Crippen molar-refractivity contribution in [1.82, 2.24) is 9.97 Å². The summed E-state index contributed by atoms with van der Waals surface area (Å²) < 4.78 is 0. The van der Waals surface area contributed by atoms with Crippen molar-refractivity contribution in [3.63, 3.8) is 0 Å². The van der Waals surface area contributed by atoms with Gasteiger partial charge in [-0.15, -0.1) is 0 Å². The predicted molar refractivity (Wildman–Crippen MR) is 234 cm³/mol. The third kappa shape index (κ3) is 4.75. The zero-order chi connectivity index (χ0) is 37.8. The van der Waals surface area contributed by atoms with Gasteiger partial charge in [0.1, 0.15) is 0 Å². The van der Waals surface area contributed by atoms with Gasteiger partial charge in [0.05, 0.1) is 11.4 Å². The summed E-state index contributed by atoms with van der Waals surface area (Å²) in [7, 11) is 0. The summed E-state index contributed by atoms with van der Waals surface area (Å²) in [5.41, 5.74) is 18.0. The van der Waals surface area contributed by atoms with E-state index in [2.05, 4.69) is 191 Å². The minimum absolute atomic E-state index is 0.0870. The number of rotatable bonds is 4. The first kappa shape index (κ1) is 32.8. The number of fused-ring (bicyclic) bond motifs is 9. The summed E-state index contributed by atoms with van der Waals surface area (Å²) in [6.45, 7) is 9.42. The second-order valence-corrected chi connectivity index (χ2v) is 16.6. The number of nitrogens with zero attached hydrogens (tertiary/aromatic N) is 2. The zero-order valence-electron chi connectivity index (χ0n) is 32.1. The second-order valence-electron chi connectivity index (χ2n) is 16.6. The molecule has 1 aromatic heterocycles. The van der Waals surface area contributed by atoms with Crippen molar-refractivity contribution < 1.29 is 0 Å². The Hall–Kier alpha value is -6.64. The minimum atomic E-state index is -0.140. The Labute approximate surface area is 328 Å². The predicted octanol–water partition coefficient (Wildman–Crippen LogP) is 14.1. The van der Waals surface area contributed by atoms with Crippen LogP contribution in [0, 0.1) is 0 Å². The van der Waals surface area contributed by atoms with Gasteiger partial charge in [-0.25, -0.2) is 9.97 Å². The first-order valence-corrected chi connectivity index (χ1v) is 19.7. The van der Waals surface area contributed by atoms with Crippen molar-refractivity contribution in [1.29, 1.82) is 0 Å². The molecule has 0 spiro atoms. The van der Waals surface area contributed by atoms with Gasteiger partial charge in [-0.05, 0) is 101 Å². The van der Waals surface area contributed by atoms with Crippen LogP contribution in [0.4, 0.5) is 0 Å². The van der Waals surface area contributed by atoms with Gasteiger partial charge in [0.25, 0.3) is 0 Å². The molecule has 1 heterocycles. The van der Waals surface area contributed by atoms with Gasteiger partial charge in [-0.2, -0.15) is 0 Å². The highest BCUT2D eigenvalue weighted by Gasteiger charge is 2.38. The lowest BCUT2D eigenvalue weighted by Gasteiger charge is -2.23. The Morgan fingerprint density at radius 3 is 1.75 bits per heavy atom. The van der Waals surface area contributed by atoms with E-state index >= 15 is 0 Å². The molecule has 0 saturated heterocycles. The van der Waals surface area contributed by atoms with Gasteiger partial charge in [0.15, 0.2) is 5.82 Å². The van der Waals surface area contributed by atoms with E-state index in [1.54, 1.807) is 0 Å². The van der Waals surface area contributed by atoms with E-state index in [0.29, 0.717) is 0 Å². The van der Waals surface area contributed by atoms with Crippen LogP contribution in [0.2, 0.25) is 0 Å². The maximum absolute atomic E-state index is 5.31. The zero-order valence-corrected chi connectivity index (χ0v) is 32.1. The lowest BCUT2D eigenvalue weighted by Crippen LogP contribution is -2.15. The molecule has 0 radical (unpaired) electrons. The third-order valence-corrected chi connectivity index (χ3v) is 12.7. The van der Waals surface area contributed by atoms with E-state index in [4.69, 9.17) is 9.97 Å². The SMILES string of the molecule is CC1(C)c2cc3ccccc3cc2-c2c(-c3cc(-c4ccc(-c5cc6c(c7ccccc57)-c5ccccc5C6(C)C)cc4)nc(-c4ccccc4)n3)cccc21. The van der Waals surface area contributed by atoms with Crippen molar-refractivity contribution in [3.8, 4) is 67.3 Å². The van der Waals surface area contributed by atoms with Gasteiger partial charge >= 0.3 is 0 Å². The summed E-state index contributed by atoms with van der Waals surface area (Å²) in [4.78, 5) is 10.5. The highest BCUT2D eigenvalue weighted by molar-refractivity contribution is 6.09. The van der Waals surface area contributed by atoms with Crippen molar-refractivity contribution in [2.45, 2.75) is 38.5 Å². The van der Waals surface area contributed by atoms with Crippen LogP contribution in [0.25, 0.3) is 88.8 Å². The normalized spacial score (nSPS) is 14.4. The van der Waals surface area contributed by atoms with Crippen LogP contribution in [0.1, 0.15) is 49.9 Å². The van der Waals surface area contributed by atoms with Gasteiger partial charge < -0.3 is 0 Å². The highest BCUT2D eigenvalue weighted by atomic mass is 14.9. The maximum Gasteiger partial charge on any atom is 0.160 e. The topological polar surface area (TPSA) is 25.8 Å². The lowest BCUT2D eigenvalue weighted by molar-refractivity contribution is 0.661. The van der Waals surface area contributed by atoms with Crippen molar-refractivity contribution >= 4 is 21.5 Å². The highest BCUT2D eigenvalue weighted by Crippen LogP contribution is 2.54. The molecule has 2 nitrogen and oxygen atoms in total. The third-order valence-electron chi connectivity index (χ3n) is 12.7. The number of benzene rings is 8. The van der Waals surface area contributed by atoms with E-state index in [1.807, 2.05) is 6.07 Å². The van der Waals surface area contributed by atoms with Gasteiger partial charge in [0.2, 0.25) is 0 Å². The molecule has 56 heavy (non-hydrogen) atoms. The second kappa shape index (κ2) is 11.9. The van der Waals surface area contributed by atoms with E-state index in [9.17, 15) is 0 Å².